The van der Waals surface area contributed by atoms with Gasteiger partial charge in [-0.2, -0.15) is 0 Å². The molecular weight excluding hydrogens is 318 g/mol. The van der Waals surface area contributed by atoms with Crippen molar-refractivity contribution in [2.45, 2.75) is 33.1 Å². The number of aryl methyl sites for hydroxylation is 1. The molecule has 0 saturated heterocycles. The average molecular weight is 342 g/mol. The van der Waals surface area contributed by atoms with E-state index in [2.05, 4.69) is 47.2 Å². The molecule has 1 aliphatic heterocycles. The van der Waals surface area contributed by atoms with Gasteiger partial charge in [0.1, 0.15) is 13.2 Å². The normalized spacial score (nSPS) is 13.8. The second-order valence-corrected chi connectivity index (χ2v) is 6.51. The van der Waals surface area contributed by atoms with Gasteiger partial charge in [-0.05, 0) is 71.9 Å². The summed E-state index contributed by atoms with van der Waals surface area (Å²) in [5, 5.41) is 3.48. The van der Waals surface area contributed by atoms with Crippen molar-refractivity contribution in [3.63, 3.8) is 0 Å². The van der Waals surface area contributed by atoms with Crippen LogP contribution in [0, 0.1) is 5.92 Å². The third kappa shape index (κ3) is 4.67. The lowest BCUT2D eigenvalue weighted by Crippen LogP contribution is -2.20. The molecule has 1 heterocycles. The van der Waals surface area contributed by atoms with Crippen LogP contribution >= 0.6 is 15.9 Å². The maximum absolute atomic E-state index is 5.65. The molecule has 3 nitrogen and oxygen atoms in total. The van der Waals surface area contributed by atoms with E-state index < -0.39 is 0 Å². The van der Waals surface area contributed by atoms with Gasteiger partial charge in [0.15, 0.2) is 11.5 Å². The van der Waals surface area contributed by atoms with Crippen LogP contribution in [0.15, 0.2) is 16.6 Å². The van der Waals surface area contributed by atoms with E-state index >= 15 is 0 Å². The summed E-state index contributed by atoms with van der Waals surface area (Å²) >= 11 is 3.57. The molecule has 0 spiro atoms. The van der Waals surface area contributed by atoms with E-state index in [4.69, 9.17) is 9.47 Å². The molecule has 0 aromatic heterocycles. The lowest BCUT2D eigenvalue weighted by Gasteiger charge is -2.20. The Morgan fingerprint density at radius 2 is 2.00 bits per heavy atom. The van der Waals surface area contributed by atoms with Crippen LogP contribution in [0.2, 0.25) is 0 Å². The standard InChI is InChI=1S/C16H24BrNO2/c1-12(2)11-18-6-4-3-5-13-9-14(17)16-15(10-13)19-7-8-20-16/h9-10,12,18H,3-8,11H2,1-2H3. The number of hydrogen-bond donors (Lipinski definition) is 1. The molecule has 1 aromatic carbocycles. The molecule has 0 bridgehead atoms. The SMILES string of the molecule is CC(C)CNCCCCc1cc(Br)c2c(c1)OCCO2. The fourth-order valence-corrected chi connectivity index (χ4v) is 2.88. The van der Waals surface area contributed by atoms with Crippen LogP contribution < -0.4 is 14.8 Å². The van der Waals surface area contributed by atoms with Crippen LogP contribution in [0.3, 0.4) is 0 Å². The highest BCUT2D eigenvalue weighted by Crippen LogP contribution is 2.38. The van der Waals surface area contributed by atoms with Crippen LogP contribution in [0.25, 0.3) is 0 Å². The molecule has 0 amide bonds. The van der Waals surface area contributed by atoms with Crippen molar-refractivity contribution in [3.8, 4) is 11.5 Å². The Hall–Kier alpha value is -0.740. The smallest absolute Gasteiger partial charge is 0.175 e. The first-order chi connectivity index (χ1) is 9.66. The molecule has 0 atom stereocenters. The highest BCUT2D eigenvalue weighted by Gasteiger charge is 2.15. The quantitative estimate of drug-likeness (QED) is 0.765. The number of rotatable bonds is 7. The maximum Gasteiger partial charge on any atom is 0.175 e. The van der Waals surface area contributed by atoms with Gasteiger partial charge in [-0.1, -0.05) is 13.8 Å². The highest BCUT2D eigenvalue weighted by atomic mass is 79.9. The van der Waals surface area contributed by atoms with Crippen molar-refractivity contribution in [2.24, 2.45) is 5.92 Å². The van der Waals surface area contributed by atoms with Crippen LogP contribution in [-0.4, -0.2) is 26.3 Å². The minimum atomic E-state index is 0.631. The molecular formula is C16H24BrNO2. The third-order valence-electron chi connectivity index (χ3n) is 3.28. The van der Waals surface area contributed by atoms with E-state index in [0.717, 1.165) is 41.4 Å². The molecule has 1 aromatic rings. The van der Waals surface area contributed by atoms with Crippen molar-refractivity contribution < 1.29 is 9.47 Å². The summed E-state index contributed by atoms with van der Waals surface area (Å²) in [4.78, 5) is 0. The van der Waals surface area contributed by atoms with Gasteiger partial charge in [0.2, 0.25) is 0 Å². The van der Waals surface area contributed by atoms with Crippen LogP contribution in [0.5, 0.6) is 11.5 Å². The predicted molar refractivity (Wildman–Crippen MR) is 85.8 cm³/mol. The van der Waals surface area contributed by atoms with E-state index in [1.54, 1.807) is 0 Å². The summed E-state index contributed by atoms with van der Waals surface area (Å²) in [6.45, 7) is 7.95. The Labute approximate surface area is 130 Å². The monoisotopic (exact) mass is 341 g/mol. The van der Waals surface area contributed by atoms with E-state index in [9.17, 15) is 0 Å². The Kier molecular flexibility index (Phi) is 6.17. The summed E-state index contributed by atoms with van der Waals surface area (Å²) in [5.74, 6) is 2.45. The molecule has 4 heteroatoms. The number of ether oxygens (including phenoxy) is 2. The first-order valence-corrected chi connectivity index (χ1v) is 8.25. The molecule has 0 fully saturated rings. The fraction of sp³-hybridized carbons (Fsp3) is 0.625. The minimum absolute atomic E-state index is 0.631. The Morgan fingerprint density at radius 3 is 2.80 bits per heavy atom. The summed E-state index contributed by atoms with van der Waals surface area (Å²) in [7, 11) is 0. The maximum atomic E-state index is 5.65. The van der Waals surface area contributed by atoms with Crippen molar-refractivity contribution in [2.75, 3.05) is 26.3 Å². The Balaban J connectivity index is 1.77. The molecule has 2 rings (SSSR count). The van der Waals surface area contributed by atoms with Crippen molar-refractivity contribution >= 4 is 15.9 Å². The number of halogens is 1. The zero-order chi connectivity index (χ0) is 14.4. The van der Waals surface area contributed by atoms with Gasteiger partial charge in [-0.3, -0.25) is 0 Å². The van der Waals surface area contributed by atoms with E-state index in [-0.39, 0.29) is 0 Å². The molecule has 1 N–H and O–H groups in total. The largest absolute Gasteiger partial charge is 0.486 e. The summed E-state index contributed by atoms with van der Waals surface area (Å²) < 4.78 is 12.3. The predicted octanol–water partition coefficient (Wildman–Crippen LogP) is 3.79. The van der Waals surface area contributed by atoms with Gasteiger partial charge in [-0.25, -0.2) is 0 Å². The minimum Gasteiger partial charge on any atom is -0.486 e. The van der Waals surface area contributed by atoms with Crippen molar-refractivity contribution in [1.29, 1.82) is 0 Å². The number of benzene rings is 1. The summed E-state index contributed by atoms with van der Waals surface area (Å²) in [5.41, 5.74) is 1.31. The molecule has 0 aliphatic carbocycles. The number of nitrogens with one attached hydrogen (secondary N) is 1. The lowest BCUT2D eigenvalue weighted by molar-refractivity contribution is 0.170. The number of unbranched alkanes of at least 4 members (excludes halogenated alkanes) is 1. The first kappa shape index (κ1) is 15.6. The molecule has 0 saturated carbocycles. The molecule has 20 heavy (non-hydrogen) atoms. The molecule has 112 valence electrons. The van der Waals surface area contributed by atoms with E-state index in [1.807, 2.05) is 0 Å². The first-order valence-electron chi connectivity index (χ1n) is 7.45. The highest BCUT2D eigenvalue weighted by molar-refractivity contribution is 9.10. The lowest BCUT2D eigenvalue weighted by atomic mass is 10.1. The van der Waals surface area contributed by atoms with Crippen LogP contribution in [-0.2, 0) is 6.42 Å². The van der Waals surface area contributed by atoms with Crippen LogP contribution in [0.4, 0.5) is 0 Å². The average Bonchev–Trinajstić information content (AvgIpc) is 2.42. The van der Waals surface area contributed by atoms with E-state index in [1.165, 1.54) is 18.4 Å². The summed E-state index contributed by atoms with van der Waals surface area (Å²) in [6.07, 6.45) is 3.48. The van der Waals surface area contributed by atoms with Crippen molar-refractivity contribution in [3.05, 3.63) is 22.2 Å². The van der Waals surface area contributed by atoms with Gasteiger partial charge in [0.25, 0.3) is 0 Å². The van der Waals surface area contributed by atoms with Gasteiger partial charge in [0.05, 0.1) is 4.47 Å². The van der Waals surface area contributed by atoms with Gasteiger partial charge in [-0.15, -0.1) is 0 Å². The number of fused-ring (bicyclic) bond motifs is 1. The number of hydrogen-bond acceptors (Lipinski definition) is 3. The van der Waals surface area contributed by atoms with Gasteiger partial charge >= 0.3 is 0 Å². The molecule has 0 unspecified atom stereocenters. The fourth-order valence-electron chi connectivity index (χ4n) is 2.28. The zero-order valence-electron chi connectivity index (χ0n) is 12.4. The zero-order valence-corrected chi connectivity index (χ0v) is 14.0. The third-order valence-corrected chi connectivity index (χ3v) is 3.87. The topological polar surface area (TPSA) is 30.5 Å². The Bertz CT molecular complexity index is 435. The molecule has 1 aliphatic rings. The molecule has 0 radical (unpaired) electrons. The van der Waals surface area contributed by atoms with Crippen LogP contribution in [0.1, 0.15) is 32.3 Å². The second-order valence-electron chi connectivity index (χ2n) is 5.66. The second kappa shape index (κ2) is 7.89. The van der Waals surface area contributed by atoms with E-state index in [0.29, 0.717) is 13.2 Å². The van der Waals surface area contributed by atoms with Crippen molar-refractivity contribution in [1.82, 2.24) is 5.32 Å². The van der Waals surface area contributed by atoms with Gasteiger partial charge in [0, 0.05) is 0 Å². The Morgan fingerprint density at radius 1 is 1.20 bits per heavy atom. The van der Waals surface area contributed by atoms with Gasteiger partial charge < -0.3 is 14.8 Å². The summed E-state index contributed by atoms with van der Waals surface area (Å²) in [6, 6.07) is 4.26.